The van der Waals surface area contributed by atoms with Gasteiger partial charge >= 0.3 is 0 Å². The fraction of sp³-hybridized carbons (Fsp3) is 0.538. The summed E-state index contributed by atoms with van der Waals surface area (Å²) in [5.41, 5.74) is -0.0151. The first kappa shape index (κ1) is 15.3. The maximum absolute atomic E-state index is 9.62. The molecular weight excluding hydrogens is 300 g/mol. The second kappa shape index (κ2) is 6.41. The number of hydrogen-bond acceptors (Lipinski definition) is 4. The van der Waals surface area contributed by atoms with Crippen LogP contribution in [0.2, 0.25) is 0 Å². The van der Waals surface area contributed by atoms with Gasteiger partial charge in [0.2, 0.25) is 0 Å². The first-order valence-electron chi connectivity index (χ1n) is 5.70. The topological polar surface area (TPSA) is 58.9 Å². The lowest BCUT2D eigenvalue weighted by atomic mass is 10.1. The van der Waals surface area contributed by atoms with Crippen molar-refractivity contribution < 1.29 is 19.7 Å². The van der Waals surface area contributed by atoms with Crippen LogP contribution < -0.4 is 9.47 Å². The van der Waals surface area contributed by atoms with Crippen LogP contribution in [0.1, 0.15) is 25.8 Å². The standard InChI is InChI=1S/C13H19BrO4/c1-13(2,16)4-5-18-12-10(14)6-9(8-15)7-11(12)17-3/h6-7,15-16H,4-5,8H2,1-3H3. The van der Waals surface area contributed by atoms with Crippen molar-refractivity contribution in [1.82, 2.24) is 0 Å². The number of aliphatic hydroxyl groups excluding tert-OH is 1. The lowest BCUT2D eigenvalue weighted by molar-refractivity contribution is 0.0548. The summed E-state index contributed by atoms with van der Waals surface area (Å²) >= 11 is 3.38. The van der Waals surface area contributed by atoms with Crippen molar-refractivity contribution in [2.75, 3.05) is 13.7 Å². The van der Waals surface area contributed by atoms with Crippen LogP contribution >= 0.6 is 15.9 Å². The molecule has 0 bridgehead atoms. The third-order valence-corrected chi connectivity index (χ3v) is 3.02. The minimum absolute atomic E-state index is 0.0566. The Balaban J connectivity index is 2.81. The fourth-order valence-corrected chi connectivity index (χ4v) is 2.01. The van der Waals surface area contributed by atoms with Crippen LogP contribution in [0.15, 0.2) is 16.6 Å². The molecule has 0 aliphatic heterocycles. The Bertz CT molecular complexity index is 399. The molecule has 0 unspecified atom stereocenters. The molecule has 0 spiro atoms. The third-order valence-electron chi connectivity index (χ3n) is 2.43. The number of benzene rings is 1. The van der Waals surface area contributed by atoms with Crippen molar-refractivity contribution >= 4 is 15.9 Å². The molecule has 0 aliphatic rings. The predicted molar refractivity (Wildman–Crippen MR) is 73.0 cm³/mol. The van der Waals surface area contributed by atoms with Crippen molar-refractivity contribution in [3.05, 3.63) is 22.2 Å². The summed E-state index contributed by atoms with van der Waals surface area (Å²) in [6.07, 6.45) is 0.518. The van der Waals surface area contributed by atoms with Gasteiger partial charge in [0.05, 0.1) is 30.4 Å². The molecular formula is C13H19BrO4. The molecule has 0 aliphatic carbocycles. The van der Waals surface area contributed by atoms with Gasteiger partial charge in [-0.2, -0.15) is 0 Å². The summed E-state index contributed by atoms with van der Waals surface area (Å²) in [5.74, 6) is 1.14. The second-order valence-electron chi connectivity index (χ2n) is 4.68. The van der Waals surface area contributed by atoms with Gasteiger partial charge in [0.15, 0.2) is 11.5 Å². The molecule has 5 heteroatoms. The highest BCUT2D eigenvalue weighted by molar-refractivity contribution is 9.10. The molecule has 0 saturated heterocycles. The number of aliphatic hydroxyl groups is 2. The minimum Gasteiger partial charge on any atom is -0.493 e. The van der Waals surface area contributed by atoms with Gasteiger partial charge in [-0.3, -0.25) is 0 Å². The van der Waals surface area contributed by atoms with Crippen LogP contribution in [0.5, 0.6) is 11.5 Å². The molecule has 0 saturated carbocycles. The molecule has 102 valence electrons. The third kappa shape index (κ3) is 4.48. The first-order chi connectivity index (χ1) is 8.37. The highest BCUT2D eigenvalue weighted by atomic mass is 79.9. The molecule has 0 aromatic heterocycles. The van der Waals surface area contributed by atoms with E-state index >= 15 is 0 Å². The van der Waals surface area contributed by atoms with E-state index in [0.717, 1.165) is 10.0 Å². The molecule has 4 nitrogen and oxygen atoms in total. The van der Waals surface area contributed by atoms with E-state index in [0.29, 0.717) is 24.5 Å². The SMILES string of the molecule is COc1cc(CO)cc(Br)c1OCCC(C)(C)O. The largest absolute Gasteiger partial charge is 0.493 e. The maximum atomic E-state index is 9.62. The van der Waals surface area contributed by atoms with Gasteiger partial charge in [-0.25, -0.2) is 0 Å². The van der Waals surface area contributed by atoms with Crippen LogP contribution in [-0.4, -0.2) is 29.5 Å². The quantitative estimate of drug-likeness (QED) is 0.846. The van der Waals surface area contributed by atoms with Crippen molar-refractivity contribution in [3.8, 4) is 11.5 Å². The second-order valence-corrected chi connectivity index (χ2v) is 5.53. The Morgan fingerprint density at radius 1 is 1.33 bits per heavy atom. The molecule has 2 N–H and O–H groups in total. The Labute approximate surface area is 116 Å². The molecule has 0 atom stereocenters. The zero-order valence-corrected chi connectivity index (χ0v) is 12.5. The van der Waals surface area contributed by atoms with Crippen molar-refractivity contribution in [2.45, 2.75) is 32.5 Å². The summed E-state index contributed by atoms with van der Waals surface area (Å²) in [6, 6.07) is 3.51. The van der Waals surface area contributed by atoms with E-state index in [4.69, 9.17) is 14.6 Å². The van der Waals surface area contributed by atoms with Crippen LogP contribution in [0, 0.1) is 0 Å². The van der Waals surface area contributed by atoms with Crippen LogP contribution in [-0.2, 0) is 6.61 Å². The molecule has 1 rings (SSSR count). The smallest absolute Gasteiger partial charge is 0.175 e. The zero-order valence-electron chi connectivity index (χ0n) is 10.9. The number of rotatable bonds is 6. The van der Waals surface area contributed by atoms with E-state index in [2.05, 4.69) is 15.9 Å². The van der Waals surface area contributed by atoms with Crippen molar-refractivity contribution in [2.24, 2.45) is 0 Å². The molecule has 0 amide bonds. The molecule has 1 aromatic rings. The van der Waals surface area contributed by atoms with Crippen LogP contribution in [0.3, 0.4) is 0 Å². The first-order valence-corrected chi connectivity index (χ1v) is 6.49. The number of methoxy groups -OCH3 is 1. The fourth-order valence-electron chi connectivity index (χ4n) is 1.41. The Kier molecular flexibility index (Phi) is 5.44. The average Bonchev–Trinajstić information content (AvgIpc) is 2.29. The van der Waals surface area contributed by atoms with E-state index in [1.807, 2.05) is 0 Å². The average molecular weight is 319 g/mol. The Morgan fingerprint density at radius 2 is 2.00 bits per heavy atom. The van der Waals surface area contributed by atoms with Crippen molar-refractivity contribution in [1.29, 1.82) is 0 Å². The number of ether oxygens (including phenoxy) is 2. The van der Waals surface area contributed by atoms with E-state index in [1.54, 1.807) is 33.1 Å². The normalized spacial score (nSPS) is 11.4. The van der Waals surface area contributed by atoms with Gasteiger partial charge in [-0.05, 0) is 47.5 Å². The summed E-state index contributed by atoms with van der Waals surface area (Å²) in [4.78, 5) is 0. The van der Waals surface area contributed by atoms with Crippen molar-refractivity contribution in [3.63, 3.8) is 0 Å². The van der Waals surface area contributed by atoms with Gasteiger partial charge in [0, 0.05) is 6.42 Å². The summed E-state index contributed by atoms with van der Waals surface area (Å²) < 4.78 is 11.6. The monoisotopic (exact) mass is 318 g/mol. The zero-order chi connectivity index (χ0) is 13.8. The molecule has 0 radical (unpaired) electrons. The summed E-state index contributed by atoms with van der Waals surface area (Å²) in [6.45, 7) is 3.80. The Morgan fingerprint density at radius 3 is 2.50 bits per heavy atom. The van der Waals surface area contributed by atoms with Gasteiger partial charge < -0.3 is 19.7 Å². The molecule has 0 heterocycles. The van der Waals surface area contributed by atoms with Crippen LogP contribution in [0.4, 0.5) is 0 Å². The molecule has 18 heavy (non-hydrogen) atoms. The van der Waals surface area contributed by atoms with E-state index in [1.165, 1.54) is 0 Å². The van der Waals surface area contributed by atoms with E-state index in [-0.39, 0.29) is 6.61 Å². The lowest BCUT2D eigenvalue weighted by Crippen LogP contribution is -2.22. The van der Waals surface area contributed by atoms with Gasteiger partial charge in [-0.15, -0.1) is 0 Å². The van der Waals surface area contributed by atoms with E-state index in [9.17, 15) is 5.11 Å². The Hall–Kier alpha value is -0.780. The molecule has 1 aromatic carbocycles. The van der Waals surface area contributed by atoms with Gasteiger partial charge in [-0.1, -0.05) is 0 Å². The van der Waals surface area contributed by atoms with E-state index < -0.39 is 5.60 Å². The number of hydrogen-bond donors (Lipinski definition) is 2. The summed E-state index contributed by atoms with van der Waals surface area (Å²) in [5, 5.41) is 18.7. The lowest BCUT2D eigenvalue weighted by Gasteiger charge is -2.19. The highest BCUT2D eigenvalue weighted by Crippen LogP contribution is 2.36. The minimum atomic E-state index is -0.759. The van der Waals surface area contributed by atoms with Crippen LogP contribution in [0.25, 0.3) is 0 Å². The highest BCUT2D eigenvalue weighted by Gasteiger charge is 2.15. The number of halogens is 1. The predicted octanol–water partition coefficient (Wildman–Crippen LogP) is 2.49. The van der Waals surface area contributed by atoms with Gasteiger partial charge in [0.25, 0.3) is 0 Å². The molecule has 0 fully saturated rings. The maximum Gasteiger partial charge on any atom is 0.175 e. The summed E-state index contributed by atoms with van der Waals surface area (Å²) in [7, 11) is 1.55. The van der Waals surface area contributed by atoms with Gasteiger partial charge in [0.1, 0.15) is 0 Å².